The Labute approximate surface area is 174 Å². The molecule has 6 nitrogen and oxygen atoms in total. The van der Waals surface area contributed by atoms with Gasteiger partial charge in [-0.1, -0.05) is 41.7 Å². The van der Waals surface area contributed by atoms with Crippen LogP contribution >= 0.6 is 11.3 Å². The molecule has 1 fully saturated rings. The van der Waals surface area contributed by atoms with E-state index in [1.165, 1.54) is 12.7 Å². The molecular formula is C22H24N4O2S. The third-order valence-corrected chi connectivity index (χ3v) is 6.32. The van der Waals surface area contributed by atoms with E-state index in [1.807, 2.05) is 36.5 Å². The number of thiazole rings is 1. The Bertz CT molecular complexity index is 976. The van der Waals surface area contributed by atoms with E-state index in [0.29, 0.717) is 5.92 Å². The fourth-order valence-corrected chi connectivity index (χ4v) is 4.78. The third kappa shape index (κ3) is 4.63. The largest absolute Gasteiger partial charge is 0.469 e. The second-order valence-electron chi connectivity index (χ2n) is 7.41. The normalized spacial score (nSPS) is 21.1. The molecule has 2 heterocycles. The van der Waals surface area contributed by atoms with Crippen LogP contribution in [0.15, 0.2) is 54.9 Å². The fraction of sp³-hybridized carbons (Fsp3) is 0.318. The molecule has 0 bridgehead atoms. The zero-order valence-electron chi connectivity index (χ0n) is 16.2. The number of methoxy groups -OCH3 is 1. The molecule has 3 unspecified atom stereocenters. The standard InChI is InChI=1S/C22H24N4O2S/c1-28-21(27)17-10-15(11-18(17)23)9-14-7-8-24-20(12-14)26-22-25-13-19(29-22)16-5-3-2-4-6-16/h2-8,12-13,15,17-18H,9-11,23H2,1H3,(H,24,25,26). The molecular weight excluding hydrogens is 384 g/mol. The van der Waals surface area contributed by atoms with Gasteiger partial charge in [0, 0.05) is 18.4 Å². The van der Waals surface area contributed by atoms with Gasteiger partial charge in [-0.3, -0.25) is 4.79 Å². The molecule has 7 heteroatoms. The highest BCUT2D eigenvalue weighted by Crippen LogP contribution is 2.34. The summed E-state index contributed by atoms with van der Waals surface area (Å²) in [6, 6.07) is 14.1. The predicted molar refractivity (Wildman–Crippen MR) is 115 cm³/mol. The average Bonchev–Trinajstić information content (AvgIpc) is 3.35. The van der Waals surface area contributed by atoms with Crippen LogP contribution in [-0.2, 0) is 16.0 Å². The molecule has 29 heavy (non-hydrogen) atoms. The number of nitrogens with one attached hydrogen (secondary N) is 1. The van der Waals surface area contributed by atoms with Crippen molar-refractivity contribution in [1.82, 2.24) is 9.97 Å². The van der Waals surface area contributed by atoms with Crippen molar-refractivity contribution in [2.24, 2.45) is 17.6 Å². The van der Waals surface area contributed by atoms with Crippen LogP contribution in [0, 0.1) is 11.8 Å². The lowest BCUT2D eigenvalue weighted by Gasteiger charge is -2.11. The van der Waals surface area contributed by atoms with E-state index < -0.39 is 0 Å². The molecule has 0 saturated heterocycles. The number of pyridine rings is 1. The second kappa shape index (κ2) is 8.71. The Morgan fingerprint density at radius 2 is 2.07 bits per heavy atom. The molecule has 3 atom stereocenters. The number of carbonyl (C=O) groups excluding carboxylic acids is 1. The van der Waals surface area contributed by atoms with Crippen molar-refractivity contribution in [3.05, 3.63) is 60.4 Å². The van der Waals surface area contributed by atoms with E-state index in [-0.39, 0.29) is 17.9 Å². The van der Waals surface area contributed by atoms with Crippen LogP contribution in [0.3, 0.4) is 0 Å². The van der Waals surface area contributed by atoms with Gasteiger partial charge in [0.25, 0.3) is 0 Å². The first-order valence-corrected chi connectivity index (χ1v) is 10.5. The van der Waals surface area contributed by atoms with Crippen molar-refractivity contribution in [2.75, 3.05) is 12.4 Å². The van der Waals surface area contributed by atoms with Crippen LogP contribution in [0.1, 0.15) is 18.4 Å². The van der Waals surface area contributed by atoms with Crippen LogP contribution in [0.4, 0.5) is 10.9 Å². The summed E-state index contributed by atoms with van der Waals surface area (Å²) in [4.78, 5) is 21.9. The lowest BCUT2D eigenvalue weighted by atomic mass is 9.97. The number of nitrogens with two attached hydrogens (primary N) is 1. The molecule has 0 amide bonds. The van der Waals surface area contributed by atoms with Gasteiger partial charge in [0.05, 0.1) is 17.9 Å². The number of carbonyl (C=O) groups is 1. The van der Waals surface area contributed by atoms with Crippen LogP contribution in [0.2, 0.25) is 0 Å². The zero-order valence-corrected chi connectivity index (χ0v) is 17.1. The van der Waals surface area contributed by atoms with Crippen LogP contribution in [-0.4, -0.2) is 29.1 Å². The van der Waals surface area contributed by atoms with Crippen molar-refractivity contribution >= 4 is 28.3 Å². The van der Waals surface area contributed by atoms with Gasteiger partial charge in [-0.05, 0) is 48.4 Å². The molecule has 3 aromatic rings. The summed E-state index contributed by atoms with van der Waals surface area (Å²) in [7, 11) is 1.42. The minimum absolute atomic E-state index is 0.126. The Morgan fingerprint density at radius 1 is 1.24 bits per heavy atom. The Balaban J connectivity index is 1.41. The summed E-state index contributed by atoms with van der Waals surface area (Å²) < 4.78 is 4.88. The number of hydrogen-bond donors (Lipinski definition) is 2. The van der Waals surface area contributed by atoms with Gasteiger partial charge < -0.3 is 15.8 Å². The SMILES string of the molecule is COC(=O)C1CC(Cc2ccnc(Nc3ncc(-c4ccccc4)s3)c2)CC1N. The van der Waals surface area contributed by atoms with Crippen molar-refractivity contribution in [3.8, 4) is 10.4 Å². The molecule has 1 aliphatic rings. The number of ether oxygens (including phenoxy) is 1. The first-order valence-electron chi connectivity index (χ1n) is 9.69. The van der Waals surface area contributed by atoms with Crippen LogP contribution in [0.25, 0.3) is 10.4 Å². The number of anilines is 2. The van der Waals surface area contributed by atoms with E-state index in [0.717, 1.165) is 40.7 Å². The van der Waals surface area contributed by atoms with E-state index in [9.17, 15) is 4.79 Å². The van der Waals surface area contributed by atoms with Crippen LogP contribution < -0.4 is 11.1 Å². The summed E-state index contributed by atoms with van der Waals surface area (Å²) in [6.07, 6.45) is 6.14. The van der Waals surface area contributed by atoms with Crippen LogP contribution in [0.5, 0.6) is 0 Å². The first kappa shape index (κ1) is 19.5. The zero-order chi connectivity index (χ0) is 20.2. The highest BCUT2D eigenvalue weighted by Gasteiger charge is 2.37. The third-order valence-electron chi connectivity index (χ3n) is 5.36. The van der Waals surface area contributed by atoms with E-state index in [4.69, 9.17) is 10.5 Å². The van der Waals surface area contributed by atoms with Crippen molar-refractivity contribution in [2.45, 2.75) is 25.3 Å². The Kier molecular flexibility index (Phi) is 5.87. The Morgan fingerprint density at radius 3 is 2.86 bits per heavy atom. The summed E-state index contributed by atoms with van der Waals surface area (Å²) in [5.41, 5.74) is 8.47. The minimum atomic E-state index is -0.199. The molecule has 1 aromatic carbocycles. The van der Waals surface area contributed by atoms with Gasteiger partial charge in [-0.15, -0.1) is 0 Å². The number of aromatic nitrogens is 2. The van der Waals surface area contributed by atoms with E-state index >= 15 is 0 Å². The summed E-state index contributed by atoms with van der Waals surface area (Å²) in [5, 5.41) is 4.11. The lowest BCUT2D eigenvalue weighted by Crippen LogP contribution is -2.31. The van der Waals surface area contributed by atoms with Gasteiger partial charge in [0.2, 0.25) is 0 Å². The highest BCUT2D eigenvalue weighted by molar-refractivity contribution is 7.18. The summed E-state index contributed by atoms with van der Waals surface area (Å²) >= 11 is 1.60. The fourth-order valence-electron chi connectivity index (χ4n) is 3.95. The number of benzene rings is 1. The molecule has 1 aliphatic carbocycles. The molecule has 1 saturated carbocycles. The quantitative estimate of drug-likeness (QED) is 0.599. The topological polar surface area (TPSA) is 90.1 Å². The monoisotopic (exact) mass is 408 g/mol. The van der Waals surface area contributed by atoms with Crippen molar-refractivity contribution in [1.29, 1.82) is 0 Å². The van der Waals surface area contributed by atoms with Crippen molar-refractivity contribution < 1.29 is 9.53 Å². The second-order valence-corrected chi connectivity index (χ2v) is 8.44. The molecule has 0 aliphatic heterocycles. The molecule has 2 aromatic heterocycles. The van der Waals surface area contributed by atoms with Gasteiger partial charge in [0.1, 0.15) is 5.82 Å². The maximum absolute atomic E-state index is 11.9. The summed E-state index contributed by atoms with van der Waals surface area (Å²) in [6.45, 7) is 0. The predicted octanol–water partition coefficient (Wildman–Crippen LogP) is 4.02. The average molecular weight is 409 g/mol. The van der Waals surface area contributed by atoms with E-state index in [1.54, 1.807) is 17.5 Å². The number of esters is 1. The van der Waals surface area contributed by atoms with Gasteiger partial charge in [-0.25, -0.2) is 9.97 Å². The number of rotatable bonds is 6. The molecule has 150 valence electrons. The Hall–Kier alpha value is -2.77. The smallest absolute Gasteiger partial charge is 0.310 e. The molecule has 0 radical (unpaired) electrons. The van der Waals surface area contributed by atoms with E-state index in [2.05, 4.69) is 27.4 Å². The molecule has 4 rings (SSSR count). The number of hydrogen-bond acceptors (Lipinski definition) is 7. The van der Waals surface area contributed by atoms with Crippen molar-refractivity contribution in [3.63, 3.8) is 0 Å². The summed E-state index contributed by atoms with van der Waals surface area (Å²) in [5.74, 6) is 0.739. The van der Waals surface area contributed by atoms with Gasteiger partial charge >= 0.3 is 5.97 Å². The molecule has 3 N–H and O–H groups in total. The first-order chi connectivity index (χ1) is 14.1. The maximum atomic E-state index is 11.9. The number of nitrogens with zero attached hydrogens (tertiary/aromatic N) is 2. The highest BCUT2D eigenvalue weighted by atomic mass is 32.1. The van der Waals surface area contributed by atoms with Gasteiger partial charge in [-0.2, -0.15) is 0 Å². The molecule has 0 spiro atoms. The maximum Gasteiger partial charge on any atom is 0.310 e. The minimum Gasteiger partial charge on any atom is -0.469 e. The van der Waals surface area contributed by atoms with Gasteiger partial charge in [0.15, 0.2) is 5.13 Å². The lowest BCUT2D eigenvalue weighted by molar-refractivity contribution is -0.145.